The van der Waals surface area contributed by atoms with Gasteiger partial charge in [-0.3, -0.25) is 28.8 Å². The first-order valence-corrected chi connectivity index (χ1v) is 22.0. The molecule has 67 heavy (non-hydrogen) atoms. The van der Waals surface area contributed by atoms with Crippen molar-refractivity contribution in [3.8, 4) is 17.1 Å². The zero-order valence-corrected chi connectivity index (χ0v) is 36.9. The highest BCUT2D eigenvalue weighted by Crippen LogP contribution is 2.39. The monoisotopic (exact) mass is 904 g/mol. The summed E-state index contributed by atoms with van der Waals surface area (Å²) in [5.41, 5.74) is 18.0. The standard InChI is InChI=1S/C49H45FN10O7/c1-26-20-30(55-16-5-8-40(55)61)9-11-38(26)58-19-15-37-42(46(52)63)54-60(44(37)49(58)66)33-22-28(23-34(25-33)67-3)35-13-17-56(47(35)64)31-10-12-39(27(2)21-31)57-18-14-36-41(45(51)62)53-59(43(36)48(57)65)32-7-4-6-29(50)24-32/h4,6-7,9-12,20-25,35H,5,8,13-19H2,1-3H3,(H2,51,62)(H2,52,63). The van der Waals surface area contributed by atoms with Crippen molar-refractivity contribution in [2.24, 2.45) is 11.5 Å². The van der Waals surface area contributed by atoms with E-state index in [1.54, 1.807) is 56.0 Å². The maximum absolute atomic E-state index is 14.6. The summed E-state index contributed by atoms with van der Waals surface area (Å²) >= 11 is 0. The van der Waals surface area contributed by atoms with Gasteiger partial charge in [0.2, 0.25) is 11.8 Å². The average Bonchev–Trinajstić information content (AvgIpc) is 4.11. The van der Waals surface area contributed by atoms with Crippen molar-refractivity contribution in [3.63, 3.8) is 0 Å². The number of benzene rings is 4. The van der Waals surface area contributed by atoms with E-state index < -0.39 is 29.5 Å². The summed E-state index contributed by atoms with van der Waals surface area (Å²) in [5.74, 6) is -3.26. The molecule has 6 heterocycles. The maximum Gasteiger partial charge on any atom is 0.277 e. The van der Waals surface area contributed by atoms with Crippen molar-refractivity contribution in [3.05, 3.63) is 135 Å². The molecule has 2 fully saturated rings. The molecular formula is C49H45FN10O7. The number of carbonyl (C=O) groups excluding carboxylic acids is 6. The van der Waals surface area contributed by atoms with Gasteiger partial charge in [-0.2, -0.15) is 10.2 Å². The summed E-state index contributed by atoms with van der Waals surface area (Å²) in [7, 11) is 1.50. The van der Waals surface area contributed by atoms with E-state index in [1.165, 1.54) is 34.7 Å². The highest BCUT2D eigenvalue weighted by molar-refractivity contribution is 6.11. The second-order valence-electron chi connectivity index (χ2n) is 17.2. The van der Waals surface area contributed by atoms with Crippen molar-refractivity contribution < 1.29 is 37.9 Å². The molecule has 10 rings (SSSR count). The van der Waals surface area contributed by atoms with Crippen molar-refractivity contribution in [2.75, 3.05) is 52.9 Å². The third kappa shape index (κ3) is 7.15. The summed E-state index contributed by atoms with van der Waals surface area (Å²) in [6, 6.07) is 21.8. The number of hydrogen-bond acceptors (Lipinski definition) is 9. The Morgan fingerprint density at radius 3 is 1.75 bits per heavy atom. The fourth-order valence-corrected chi connectivity index (χ4v) is 9.99. The second kappa shape index (κ2) is 16.4. The van der Waals surface area contributed by atoms with Crippen LogP contribution in [0.15, 0.2) is 78.9 Å². The summed E-state index contributed by atoms with van der Waals surface area (Å²) < 4.78 is 22.7. The molecule has 0 spiro atoms. The Hall–Kier alpha value is -8.15. The smallest absolute Gasteiger partial charge is 0.277 e. The van der Waals surface area contributed by atoms with E-state index in [4.69, 9.17) is 16.2 Å². The van der Waals surface area contributed by atoms with E-state index in [1.807, 2.05) is 38.1 Å². The van der Waals surface area contributed by atoms with Crippen LogP contribution in [0.5, 0.6) is 5.75 Å². The Kier molecular flexibility index (Phi) is 10.5. The zero-order valence-electron chi connectivity index (χ0n) is 36.9. The van der Waals surface area contributed by atoms with Crippen LogP contribution >= 0.6 is 0 Å². The highest BCUT2D eigenvalue weighted by Gasteiger charge is 2.39. The number of methoxy groups -OCH3 is 1. The van der Waals surface area contributed by atoms with Crippen molar-refractivity contribution in [1.82, 2.24) is 19.6 Å². The number of nitrogens with zero attached hydrogens (tertiary/aromatic N) is 8. The molecular weight excluding hydrogens is 860 g/mol. The highest BCUT2D eigenvalue weighted by atomic mass is 19.1. The van der Waals surface area contributed by atoms with Crippen LogP contribution in [0.4, 0.5) is 27.1 Å². The predicted molar refractivity (Wildman–Crippen MR) is 245 cm³/mol. The van der Waals surface area contributed by atoms with Crippen LogP contribution in [-0.4, -0.2) is 88.3 Å². The summed E-state index contributed by atoms with van der Waals surface area (Å²) in [6.07, 6.45) is 2.31. The lowest BCUT2D eigenvalue weighted by Gasteiger charge is -2.30. The first-order valence-electron chi connectivity index (χ1n) is 22.0. The minimum absolute atomic E-state index is 0.0202. The number of aromatic nitrogens is 4. The lowest BCUT2D eigenvalue weighted by molar-refractivity contribution is -0.118. The van der Waals surface area contributed by atoms with Crippen LogP contribution in [-0.2, 0) is 22.4 Å². The molecule has 2 saturated heterocycles. The molecule has 6 aromatic rings. The largest absolute Gasteiger partial charge is 0.497 e. The topological polar surface area (TPSA) is 212 Å². The Morgan fingerprint density at radius 2 is 1.22 bits per heavy atom. The van der Waals surface area contributed by atoms with E-state index in [9.17, 15) is 33.2 Å². The predicted octanol–water partition coefficient (Wildman–Crippen LogP) is 5.07. The van der Waals surface area contributed by atoms with Gasteiger partial charge in [0.05, 0.1) is 24.4 Å². The van der Waals surface area contributed by atoms with Gasteiger partial charge >= 0.3 is 0 Å². The molecule has 1 unspecified atom stereocenters. The summed E-state index contributed by atoms with van der Waals surface area (Å²) in [5, 5.41) is 8.93. The lowest BCUT2D eigenvalue weighted by Crippen LogP contribution is -2.39. The number of primary amides is 2. The lowest BCUT2D eigenvalue weighted by atomic mass is 9.96. The van der Waals surface area contributed by atoms with Crippen LogP contribution in [0.3, 0.4) is 0 Å². The van der Waals surface area contributed by atoms with Crippen LogP contribution in [0.2, 0.25) is 0 Å². The number of ether oxygens (including phenoxy) is 1. The maximum atomic E-state index is 14.6. The first kappa shape index (κ1) is 42.8. The fraction of sp³-hybridized carbons (Fsp3) is 0.265. The summed E-state index contributed by atoms with van der Waals surface area (Å²) in [4.78, 5) is 87.5. The minimum Gasteiger partial charge on any atom is -0.497 e. The summed E-state index contributed by atoms with van der Waals surface area (Å²) in [6.45, 7) is 5.25. The second-order valence-corrected chi connectivity index (χ2v) is 17.2. The molecule has 0 radical (unpaired) electrons. The van der Waals surface area contributed by atoms with E-state index in [0.717, 1.165) is 17.7 Å². The number of amides is 6. The number of nitrogens with two attached hydrogens (primary N) is 2. The van der Waals surface area contributed by atoms with Gasteiger partial charge in [-0.25, -0.2) is 13.8 Å². The van der Waals surface area contributed by atoms with Gasteiger partial charge in [0.15, 0.2) is 11.4 Å². The molecule has 0 aliphatic carbocycles. The first-order chi connectivity index (χ1) is 32.2. The van der Waals surface area contributed by atoms with Gasteiger partial charge in [0, 0.05) is 72.5 Å². The van der Waals surface area contributed by atoms with Crippen LogP contribution < -0.4 is 35.8 Å². The number of halogens is 1. The van der Waals surface area contributed by atoms with Crippen LogP contribution in [0.1, 0.15) is 95.0 Å². The Labute approximate surface area is 383 Å². The molecule has 4 aliphatic heterocycles. The van der Waals surface area contributed by atoms with Gasteiger partial charge in [-0.1, -0.05) is 6.07 Å². The van der Waals surface area contributed by atoms with Gasteiger partial charge in [0.25, 0.3) is 23.6 Å². The molecule has 4 aromatic carbocycles. The molecule has 1 atom stereocenters. The van der Waals surface area contributed by atoms with Crippen molar-refractivity contribution in [1.29, 1.82) is 0 Å². The van der Waals surface area contributed by atoms with Gasteiger partial charge in [-0.05, 0) is 123 Å². The minimum atomic E-state index is -0.794. The molecule has 6 amide bonds. The molecule has 4 N–H and O–H groups in total. The quantitative estimate of drug-likeness (QED) is 0.188. The van der Waals surface area contributed by atoms with Gasteiger partial charge in [-0.15, -0.1) is 0 Å². The van der Waals surface area contributed by atoms with Crippen molar-refractivity contribution in [2.45, 2.75) is 51.9 Å². The zero-order chi connectivity index (χ0) is 47.0. The van der Waals surface area contributed by atoms with Gasteiger partial charge < -0.3 is 35.8 Å². The fourth-order valence-electron chi connectivity index (χ4n) is 9.99. The third-order valence-corrected chi connectivity index (χ3v) is 13.2. The molecule has 0 saturated carbocycles. The SMILES string of the molecule is COc1cc(C2CCN(c3ccc(N4CCc5c(C(N)=O)nn(-c6cccc(F)c6)c5C4=O)c(C)c3)C2=O)cc(-n2nc(C(N)=O)c3c2C(=O)N(c2ccc(N4CCCC4=O)cc2C)CC3)c1. The van der Waals surface area contributed by atoms with Crippen LogP contribution in [0.25, 0.3) is 11.4 Å². The number of hydrogen-bond donors (Lipinski definition) is 2. The molecule has 4 aliphatic rings. The van der Waals surface area contributed by atoms with Gasteiger partial charge in [0.1, 0.15) is 23.0 Å². The molecule has 0 bridgehead atoms. The molecule has 340 valence electrons. The number of rotatable bonds is 10. The Bertz CT molecular complexity index is 3140. The number of aryl methyl sites for hydroxylation is 2. The molecule has 17 nitrogen and oxygen atoms in total. The third-order valence-electron chi connectivity index (χ3n) is 13.2. The number of anilines is 4. The van der Waals surface area contributed by atoms with E-state index in [-0.39, 0.29) is 65.7 Å². The molecule has 18 heteroatoms. The Morgan fingerprint density at radius 1 is 0.642 bits per heavy atom. The van der Waals surface area contributed by atoms with Crippen molar-refractivity contribution >= 4 is 58.2 Å². The van der Waals surface area contributed by atoms with Crippen LogP contribution in [0, 0.1) is 19.7 Å². The van der Waals surface area contributed by atoms with E-state index in [2.05, 4.69) is 10.2 Å². The van der Waals surface area contributed by atoms with E-state index >= 15 is 0 Å². The van der Waals surface area contributed by atoms with E-state index in [0.29, 0.717) is 83.1 Å². The Balaban J connectivity index is 0.929. The molecule has 2 aromatic heterocycles. The number of fused-ring (bicyclic) bond motifs is 2. The average molecular weight is 905 g/mol. The normalized spacial score (nSPS) is 17.1. The number of carbonyl (C=O) groups is 6.